The van der Waals surface area contributed by atoms with Crippen molar-refractivity contribution in [1.29, 1.82) is 0 Å². The van der Waals surface area contributed by atoms with Gasteiger partial charge in [0.1, 0.15) is 5.82 Å². The second kappa shape index (κ2) is 9.64. The van der Waals surface area contributed by atoms with E-state index in [4.69, 9.17) is 4.42 Å². The molecule has 4 aromatic rings. The predicted octanol–water partition coefficient (Wildman–Crippen LogP) is 5.20. The summed E-state index contributed by atoms with van der Waals surface area (Å²) in [5.41, 5.74) is 1.54. The number of nitrogens with one attached hydrogen (secondary N) is 1. The summed E-state index contributed by atoms with van der Waals surface area (Å²) in [5.74, 6) is 0.914. The van der Waals surface area contributed by atoms with E-state index < -0.39 is 0 Å². The molecule has 0 aliphatic rings. The Morgan fingerprint density at radius 2 is 1.90 bits per heavy atom. The van der Waals surface area contributed by atoms with Crippen molar-refractivity contribution in [3.63, 3.8) is 0 Å². The Morgan fingerprint density at radius 1 is 1.10 bits per heavy atom. The summed E-state index contributed by atoms with van der Waals surface area (Å²) in [7, 11) is 0. The van der Waals surface area contributed by atoms with Gasteiger partial charge in [0.2, 0.25) is 11.0 Å². The minimum absolute atomic E-state index is 0.170. The molecule has 0 spiro atoms. The van der Waals surface area contributed by atoms with Gasteiger partial charge in [0, 0.05) is 18.6 Å². The zero-order chi connectivity index (χ0) is 20.8. The minimum atomic E-state index is -0.379. The molecule has 0 saturated carbocycles. The maximum atomic E-state index is 13.8. The molecule has 9 heteroatoms. The standard InChI is InChI=1S/C21H17FN4O2S2/c22-16-9-5-4-8-15(16)17-12-23-19(28-17)11-10-18(27)24-20-25-26-21(30-20)29-13-14-6-2-1-3-7-14/h1-9,12H,10-11,13H2,(H,24,25,27). The van der Waals surface area contributed by atoms with Crippen LogP contribution in [0.25, 0.3) is 11.3 Å². The van der Waals surface area contributed by atoms with E-state index in [-0.39, 0.29) is 18.1 Å². The zero-order valence-corrected chi connectivity index (χ0v) is 17.4. The lowest BCUT2D eigenvalue weighted by molar-refractivity contribution is -0.116. The topological polar surface area (TPSA) is 80.9 Å². The number of carbonyl (C=O) groups is 1. The number of amides is 1. The van der Waals surface area contributed by atoms with Crippen molar-refractivity contribution >= 4 is 34.1 Å². The van der Waals surface area contributed by atoms with E-state index in [2.05, 4.69) is 32.6 Å². The molecule has 2 aromatic heterocycles. The highest BCUT2D eigenvalue weighted by molar-refractivity contribution is 8.00. The monoisotopic (exact) mass is 440 g/mol. The number of thioether (sulfide) groups is 1. The van der Waals surface area contributed by atoms with Gasteiger partial charge in [0.05, 0.1) is 11.8 Å². The number of aromatic nitrogens is 3. The summed E-state index contributed by atoms with van der Waals surface area (Å²) in [6.45, 7) is 0. The molecule has 0 aliphatic carbocycles. The first-order valence-electron chi connectivity index (χ1n) is 9.17. The molecule has 0 radical (unpaired) electrons. The first-order valence-corrected chi connectivity index (χ1v) is 11.0. The lowest BCUT2D eigenvalue weighted by Gasteiger charge is -2.00. The Hall–Kier alpha value is -3.04. The molecule has 6 nitrogen and oxygen atoms in total. The van der Waals surface area contributed by atoms with Gasteiger partial charge in [-0.2, -0.15) is 0 Å². The summed E-state index contributed by atoms with van der Waals surface area (Å²) in [6.07, 6.45) is 1.94. The number of halogens is 1. The molecule has 0 unspecified atom stereocenters. The van der Waals surface area contributed by atoms with E-state index in [0.717, 1.165) is 10.1 Å². The molecule has 1 amide bonds. The molecule has 0 bridgehead atoms. The van der Waals surface area contributed by atoms with Crippen LogP contribution in [-0.2, 0) is 17.0 Å². The van der Waals surface area contributed by atoms with Crippen molar-refractivity contribution < 1.29 is 13.6 Å². The fourth-order valence-corrected chi connectivity index (χ4v) is 4.38. The van der Waals surface area contributed by atoms with Crippen LogP contribution in [0.1, 0.15) is 17.9 Å². The van der Waals surface area contributed by atoms with Crippen LogP contribution in [0.5, 0.6) is 0 Å². The number of hydrogen-bond acceptors (Lipinski definition) is 7. The molecule has 0 fully saturated rings. The first-order chi connectivity index (χ1) is 14.7. The van der Waals surface area contributed by atoms with Crippen LogP contribution < -0.4 is 5.32 Å². The van der Waals surface area contributed by atoms with Gasteiger partial charge in [0.25, 0.3) is 0 Å². The number of anilines is 1. The zero-order valence-electron chi connectivity index (χ0n) is 15.7. The molecule has 2 heterocycles. The SMILES string of the molecule is O=C(CCc1ncc(-c2ccccc2F)o1)Nc1nnc(SCc2ccccc2)s1. The van der Waals surface area contributed by atoms with Gasteiger partial charge in [-0.05, 0) is 17.7 Å². The second-order valence-corrected chi connectivity index (χ2v) is 8.49. The Bertz CT molecular complexity index is 1130. The van der Waals surface area contributed by atoms with Crippen molar-refractivity contribution in [3.8, 4) is 11.3 Å². The predicted molar refractivity (Wildman–Crippen MR) is 115 cm³/mol. The van der Waals surface area contributed by atoms with Gasteiger partial charge in [-0.3, -0.25) is 4.79 Å². The summed E-state index contributed by atoms with van der Waals surface area (Å²) >= 11 is 2.90. The van der Waals surface area contributed by atoms with Gasteiger partial charge in [0.15, 0.2) is 16.0 Å². The van der Waals surface area contributed by atoms with Crippen molar-refractivity contribution in [2.75, 3.05) is 5.32 Å². The third kappa shape index (κ3) is 5.31. The van der Waals surface area contributed by atoms with Gasteiger partial charge in [-0.15, -0.1) is 10.2 Å². The lowest BCUT2D eigenvalue weighted by Crippen LogP contribution is -2.12. The number of rotatable bonds is 8. The van der Waals surface area contributed by atoms with Gasteiger partial charge < -0.3 is 9.73 Å². The average Bonchev–Trinajstić information content (AvgIpc) is 3.41. The molecule has 152 valence electrons. The molecule has 0 aliphatic heterocycles. The molecule has 0 saturated heterocycles. The molecular weight excluding hydrogens is 423 g/mol. The van der Waals surface area contributed by atoms with Gasteiger partial charge >= 0.3 is 0 Å². The van der Waals surface area contributed by atoms with Gasteiger partial charge in [-0.1, -0.05) is 65.6 Å². The van der Waals surface area contributed by atoms with E-state index >= 15 is 0 Å². The van der Waals surface area contributed by atoms with Crippen molar-refractivity contribution in [3.05, 3.63) is 78.1 Å². The fraction of sp³-hybridized carbons (Fsp3) is 0.143. The van der Waals surface area contributed by atoms with E-state index in [9.17, 15) is 9.18 Å². The van der Waals surface area contributed by atoms with E-state index in [1.54, 1.807) is 30.0 Å². The van der Waals surface area contributed by atoms with Crippen LogP contribution in [0.2, 0.25) is 0 Å². The van der Waals surface area contributed by atoms with E-state index in [0.29, 0.717) is 28.8 Å². The summed E-state index contributed by atoms with van der Waals surface area (Å²) in [5, 5.41) is 11.3. The van der Waals surface area contributed by atoms with Crippen LogP contribution in [-0.4, -0.2) is 21.1 Å². The highest BCUT2D eigenvalue weighted by atomic mass is 32.2. The van der Waals surface area contributed by atoms with Crippen molar-refractivity contribution in [1.82, 2.24) is 15.2 Å². The van der Waals surface area contributed by atoms with Crippen LogP contribution >= 0.6 is 23.1 Å². The highest BCUT2D eigenvalue weighted by Crippen LogP contribution is 2.28. The number of aryl methyl sites for hydroxylation is 1. The van der Waals surface area contributed by atoms with Gasteiger partial charge in [-0.25, -0.2) is 9.37 Å². The summed E-state index contributed by atoms with van der Waals surface area (Å²) in [6, 6.07) is 16.4. The number of benzene rings is 2. The normalized spacial score (nSPS) is 10.8. The Morgan fingerprint density at radius 3 is 2.73 bits per heavy atom. The third-order valence-electron chi connectivity index (χ3n) is 4.12. The number of oxazole rings is 1. The molecule has 4 rings (SSSR count). The molecule has 0 atom stereocenters. The summed E-state index contributed by atoms with van der Waals surface area (Å²) < 4.78 is 20.2. The maximum absolute atomic E-state index is 13.8. The Balaban J connectivity index is 1.26. The molecule has 30 heavy (non-hydrogen) atoms. The quantitative estimate of drug-likeness (QED) is 0.300. The molecular formula is C21H17FN4O2S2. The first kappa shape index (κ1) is 20.2. The number of nitrogens with zero attached hydrogens (tertiary/aromatic N) is 3. The largest absolute Gasteiger partial charge is 0.441 e. The maximum Gasteiger partial charge on any atom is 0.226 e. The summed E-state index contributed by atoms with van der Waals surface area (Å²) in [4.78, 5) is 16.3. The average molecular weight is 441 g/mol. The van der Waals surface area contributed by atoms with Crippen LogP contribution in [0.3, 0.4) is 0 Å². The van der Waals surface area contributed by atoms with Crippen LogP contribution in [0, 0.1) is 5.82 Å². The van der Waals surface area contributed by atoms with E-state index in [1.165, 1.54) is 29.2 Å². The highest BCUT2D eigenvalue weighted by Gasteiger charge is 2.13. The second-order valence-electron chi connectivity index (χ2n) is 6.29. The van der Waals surface area contributed by atoms with Crippen LogP contribution in [0.4, 0.5) is 9.52 Å². The number of carbonyl (C=O) groups excluding carboxylic acids is 1. The fourth-order valence-electron chi connectivity index (χ4n) is 2.65. The number of hydrogen-bond donors (Lipinski definition) is 1. The van der Waals surface area contributed by atoms with Crippen LogP contribution in [0.15, 0.2) is 69.6 Å². The van der Waals surface area contributed by atoms with Crippen molar-refractivity contribution in [2.24, 2.45) is 0 Å². The molecule has 2 aromatic carbocycles. The molecule has 1 N–H and O–H groups in total. The van der Waals surface area contributed by atoms with E-state index in [1.807, 2.05) is 18.2 Å². The van der Waals surface area contributed by atoms with Crippen molar-refractivity contribution in [2.45, 2.75) is 22.9 Å². The smallest absolute Gasteiger partial charge is 0.226 e. The minimum Gasteiger partial charge on any atom is -0.441 e. The Kier molecular flexibility index (Phi) is 6.50. The lowest BCUT2D eigenvalue weighted by atomic mass is 10.2. The third-order valence-corrected chi connectivity index (χ3v) is 6.16. The Labute approximate surface area is 180 Å².